The number of H-pyrrole nitrogens is 1. The number of hydrogen-bond acceptors (Lipinski definition) is 4. The van der Waals surface area contributed by atoms with E-state index in [-0.39, 0.29) is 17.5 Å². The van der Waals surface area contributed by atoms with Crippen LogP contribution in [-0.4, -0.2) is 36.2 Å². The summed E-state index contributed by atoms with van der Waals surface area (Å²) in [6.07, 6.45) is 2.43. The summed E-state index contributed by atoms with van der Waals surface area (Å²) in [5.74, 6) is 0.507. The monoisotopic (exact) mass is 251 g/mol. The number of sulfone groups is 1. The van der Waals surface area contributed by atoms with Crippen LogP contribution in [0.1, 0.15) is 6.42 Å². The van der Waals surface area contributed by atoms with Crippen molar-refractivity contribution in [2.75, 3.05) is 16.8 Å². The number of aromatic amines is 1. The highest BCUT2D eigenvalue weighted by atomic mass is 32.2. The van der Waals surface area contributed by atoms with Gasteiger partial charge in [-0.15, -0.1) is 0 Å². The lowest BCUT2D eigenvalue weighted by atomic mass is 10.2. The third kappa shape index (κ3) is 2.00. The largest absolute Gasteiger partial charge is 0.381 e. The normalized spacial score (nSPS) is 22.9. The zero-order valence-corrected chi connectivity index (χ0v) is 10.00. The van der Waals surface area contributed by atoms with E-state index < -0.39 is 9.84 Å². The molecule has 2 aromatic rings. The zero-order valence-electron chi connectivity index (χ0n) is 9.18. The molecule has 1 aliphatic heterocycles. The minimum absolute atomic E-state index is 0.0144. The van der Waals surface area contributed by atoms with Crippen LogP contribution in [0.2, 0.25) is 0 Å². The van der Waals surface area contributed by atoms with Crippen molar-refractivity contribution in [3.8, 4) is 0 Å². The van der Waals surface area contributed by atoms with Gasteiger partial charge >= 0.3 is 0 Å². The van der Waals surface area contributed by atoms with Crippen molar-refractivity contribution in [3.63, 3.8) is 0 Å². The summed E-state index contributed by atoms with van der Waals surface area (Å²) in [6, 6.07) is 5.83. The van der Waals surface area contributed by atoms with Crippen LogP contribution in [-0.2, 0) is 9.84 Å². The molecule has 3 rings (SSSR count). The summed E-state index contributed by atoms with van der Waals surface area (Å²) in [7, 11) is -2.84. The summed E-state index contributed by atoms with van der Waals surface area (Å²) in [5, 5.41) is 11.2. The van der Waals surface area contributed by atoms with Gasteiger partial charge in [0.1, 0.15) is 0 Å². The van der Waals surface area contributed by atoms with Gasteiger partial charge in [0.15, 0.2) is 9.84 Å². The lowest BCUT2D eigenvalue weighted by molar-refractivity contribution is 0.602. The molecular weight excluding hydrogens is 238 g/mol. The summed E-state index contributed by atoms with van der Waals surface area (Å²) < 4.78 is 22.8. The second kappa shape index (κ2) is 3.73. The number of nitrogens with zero attached hydrogens (tertiary/aromatic N) is 1. The molecule has 0 amide bonds. The lowest BCUT2D eigenvalue weighted by Crippen LogP contribution is -2.20. The molecule has 0 bridgehead atoms. The molecule has 1 aromatic carbocycles. The van der Waals surface area contributed by atoms with Gasteiger partial charge in [-0.2, -0.15) is 5.10 Å². The van der Waals surface area contributed by atoms with E-state index in [0.717, 1.165) is 16.6 Å². The van der Waals surface area contributed by atoms with E-state index in [0.29, 0.717) is 6.42 Å². The highest BCUT2D eigenvalue weighted by Gasteiger charge is 2.27. The van der Waals surface area contributed by atoms with E-state index in [2.05, 4.69) is 15.5 Å². The van der Waals surface area contributed by atoms with Crippen molar-refractivity contribution in [1.29, 1.82) is 0 Å². The van der Waals surface area contributed by atoms with Gasteiger partial charge < -0.3 is 5.32 Å². The molecule has 1 atom stereocenters. The predicted octanol–water partition coefficient (Wildman–Crippen LogP) is 1.16. The van der Waals surface area contributed by atoms with Crippen LogP contribution in [0, 0.1) is 0 Å². The first-order chi connectivity index (χ1) is 8.14. The maximum atomic E-state index is 11.4. The molecule has 1 unspecified atom stereocenters. The molecule has 1 aliphatic rings. The summed E-state index contributed by atoms with van der Waals surface area (Å²) in [4.78, 5) is 0. The Hall–Kier alpha value is -1.56. The second-order valence-corrected chi connectivity index (χ2v) is 6.61. The Morgan fingerprint density at radius 3 is 3.06 bits per heavy atom. The molecule has 5 nitrogen and oxygen atoms in total. The number of nitrogens with one attached hydrogen (secondary N) is 2. The molecule has 0 radical (unpaired) electrons. The van der Waals surface area contributed by atoms with Crippen LogP contribution in [0.25, 0.3) is 10.9 Å². The number of fused-ring (bicyclic) bond motifs is 1. The van der Waals surface area contributed by atoms with Crippen LogP contribution >= 0.6 is 0 Å². The first-order valence-electron chi connectivity index (χ1n) is 5.53. The predicted molar refractivity (Wildman–Crippen MR) is 66.8 cm³/mol. The molecule has 6 heteroatoms. The van der Waals surface area contributed by atoms with Gasteiger partial charge in [-0.3, -0.25) is 5.10 Å². The van der Waals surface area contributed by atoms with E-state index in [4.69, 9.17) is 0 Å². The van der Waals surface area contributed by atoms with Gasteiger partial charge in [0.2, 0.25) is 0 Å². The number of anilines is 1. The number of rotatable bonds is 2. The Balaban J connectivity index is 1.88. The van der Waals surface area contributed by atoms with Crippen molar-refractivity contribution < 1.29 is 8.42 Å². The zero-order chi connectivity index (χ0) is 11.9. The number of aromatic nitrogens is 2. The molecule has 0 spiro atoms. The molecule has 17 heavy (non-hydrogen) atoms. The lowest BCUT2D eigenvalue weighted by Gasteiger charge is -2.12. The maximum absolute atomic E-state index is 11.4. The van der Waals surface area contributed by atoms with Gasteiger partial charge in [-0.1, -0.05) is 6.07 Å². The van der Waals surface area contributed by atoms with Crippen LogP contribution in [0.15, 0.2) is 24.4 Å². The fourth-order valence-corrected chi connectivity index (χ4v) is 3.90. The van der Waals surface area contributed by atoms with Gasteiger partial charge in [-0.05, 0) is 18.6 Å². The summed E-state index contributed by atoms with van der Waals surface area (Å²) >= 11 is 0. The third-order valence-corrected chi connectivity index (χ3v) is 4.84. The molecule has 90 valence electrons. The number of hydrogen-bond donors (Lipinski definition) is 2. The molecular formula is C11H13N3O2S. The fourth-order valence-electron chi connectivity index (χ4n) is 2.22. The smallest absolute Gasteiger partial charge is 0.152 e. The van der Waals surface area contributed by atoms with Crippen molar-refractivity contribution in [2.24, 2.45) is 0 Å². The highest BCUT2D eigenvalue weighted by molar-refractivity contribution is 7.91. The minimum Gasteiger partial charge on any atom is -0.381 e. The minimum atomic E-state index is -2.84. The molecule has 1 aromatic heterocycles. The SMILES string of the molecule is O=S1(=O)CCC(Nc2cccc3[nH]ncc23)C1. The highest BCUT2D eigenvalue weighted by Crippen LogP contribution is 2.24. The van der Waals surface area contributed by atoms with Gasteiger partial charge in [-0.25, -0.2) is 8.42 Å². The van der Waals surface area contributed by atoms with Crippen LogP contribution < -0.4 is 5.32 Å². The van der Waals surface area contributed by atoms with Gasteiger partial charge in [0.25, 0.3) is 0 Å². The third-order valence-electron chi connectivity index (χ3n) is 3.08. The van der Waals surface area contributed by atoms with Gasteiger partial charge in [0.05, 0.1) is 23.2 Å². The number of benzene rings is 1. The molecule has 2 N–H and O–H groups in total. The Morgan fingerprint density at radius 2 is 2.29 bits per heavy atom. The van der Waals surface area contributed by atoms with E-state index >= 15 is 0 Å². The van der Waals surface area contributed by atoms with Crippen molar-refractivity contribution in [3.05, 3.63) is 24.4 Å². The van der Waals surface area contributed by atoms with Crippen molar-refractivity contribution in [2.45, 2.75) is 12.5 Å². The van der Waals surface area contributed by atoms with Crippen LogP contribution in [0.3, 0.4) is 0 Å². The molecule has 0 saturated carbocycles. The van der Waals surface area contributed by atoms with E-state index in [1.807, 2.05) is 18.2 Å². The Kier molecular flexibility index (Phi) is 2.32. The summed E-state index contributed by atoms with van der Waals surface area (Å²) in [6.45, 7) is 0. The standard InChI is InChI=1S/C11H13N3O2S/c15-17(16)5-4-8(7-17)13-10-2-1-3-11-9(10)6-12-14-11/h1-3,6,8,13H,4-5,7H2,(H,12,14). The van der Waals surface area contributed by atoms with Gasteiger partial charge in [0, 0.05) is 17.1 Å². The van der Waals surface area contributed by atoms with E-state index in [1.54, 1.807) is 6.20 Å². The first-order valence-corrected chi connectivity index (χ1v) is 7.35. The molecule has 2 heterocycles. The topological polar surface area (TPSA) is 74.8 Å². The quantitative estimate of drug-likeness (QED) is 0.840. The Labute approximate surface area is 99.1 Å². The van der Waals surface area contributed by atoms with Crippen LogP contribution in [0.5, 0.6) is 0 Å². The van der Waals surface area contributed by atoms with Crippen molar-refractivity contribution in [1.82, 2.24) is 10.2 Å². The van der Waals surface area contributed by atoms with Crippen LogP contribution in [0.4, 0.5) is 5.69 Å². The maximum Gasteiger partial charge on any atom is 0.152 e. The first kappa shape index (κ1) is 10.6. The molecule has 0 aliphatic carbocycles. The molecule has 1 saturated heterocycles. The average molecular weight is 251 g/mol. The molecule has 1 fully saturated rings. The second-order valence-electron chi connectivity index (χ2n) is 4.38. The Morgan fingerprint density at radius 1 is 1.41 bits per heavy atom. The van der Waals surface area contributed by atoms with E-state index in [1.165, 1.54) is 0 Å². The van der Waals surface area contributed by atoms with Crippen molar-refractivity contribution >= 4 is 26.4 Å². The fraction of sp³-hybridized carbons (Fsp3) is 0.364. The summed E-state index contributed by atoms with van der Waals surface area (Å²) in [5.41, 5.74) is 1.90. The average Bonchev–Trinajstić information content (AvgIpc) is 2.85. The Bertz CT molecular complexity index is 648. The van der Waals surface area contributed by atoms with E-state index in [9.17, 15) is 8.42 Å².